The number of aliphatic hydroxyl groups excluding tert-OH is 4. The molecule has 1 fully saturated rings. The van der Waals surface area contributed by atoms with Gasteiger partial charge in [0.05, 0.1) is 6.61 Å². The van der Waals surface area contributed by atoms with E-state index in [0.29, 0.717) is 0 Å². The lowest BCUT2D eigenvalue weighted by Gasteiger charge is -2.37. The van der Waals surface area contributed by atoms with Crippen LogP contribution < -0.4 is 0 Å². The number of methoxy groups -OCH3 is 1. The summed E-state index contributed by atoms with van der Waals surface area (Å²) in [5.74, 6) is 0. The molecule has 4 N–H and O–H groups in total. The van der Waals surface area contributed by atoms with Crippen molar-refractivity contribution in [2.24, 2.45) is 0 Å². The molecule has 78 valence electrons. The lowest BCUT2D eigenvalue weighted by atomic mass is 9.99. The molecular weight excluding hydrogens is 180 g/mol. The zero-order valence-electron chi connectivity index (χ0n) is 7.20. The molecule has 5 atom stereocenters. The van der Waals surface area contributed by atoms with Gasteiger partial charge in [0.15, 0.2) is 6.29 Å². The Balaban J connectivity index is 2.59. The molecule has 6 nitrogen and oxygen atoms in total. The Bertz CT molecular complexity index is 163. The molecule has 1 saturated heterocycles. The van der Waals surface area contributed by atoms with E-state index in [1.807, 2.05) is 0 Å². The maximum atomic E-state index is 9.33. The fourth-order valence-corrected chi connectivity index (χ4v) is 1.23. The second-order valence-corrected chi connectivity index (χ2v) is 2.99. The van der Waals surface area contributed by atoms with Gasteiger partial charge in [-0.15, -0.1) is 0 Å². The fraction of sp³-hybridized carbons (Fsp3) is 1.00. The number of hydrogen-bond donors (Lipinski definition) is 4. The number of hydrogen-bond acceptors (Lipinski definition) is 6. The van der Waals surface area contributed by atoms with Crippen LogP contribution in [0.3, 0.4) is 0 Å². The summed E-state index contributed by atoms with van der Waals surface area (Å²) in [6, 6.07) is 0. The molecule has 6 heteroatoms. The van der Waals surface area contributed by atoms with Gasteiger partial charge in [-0.3, -0.25) is 0 Å². The van der Waals surface area contributed by atoms with Crippen molar-refractivity contribution < 1.29 is 29.9 Å². The number of aliphatic hydroxyl groups is 4. The molecule has 1 aliphatic rings. The van der Waals surface area contributed by atoms with Gasteiger partial charge < -0.3 is 29.9 Å². The first kappa shape index (κ1) is 10.8. The molecule has 0 spiro atoms. The standard InChI is InChI=1S/C7H14O6/c1-12-2-3-4(8)5(9)6(10)7(11)13-3/h3-11H,2H2,1H3/t3-,4+,5+,6-,7+/m1/s1. The molecular formula is C7H14O6. The minimum atomic E-state index is -1.49. The Labute approximate surface area is 75.3 Å². The minimum Gasteiger partial charge on any atom is -0.387 e. The van der Waals surface area contributed by atoms with Crippen molar-refractivity contribution in [2.45, 2.75) is 30.7 Å². The van der Waals surface area contributed by atoms with E-state index in [9.17, 15) is 10.2 Å². The molecule has 0 saturated carbocycles. The molecule has 0 radical (unpaired) electrons. The topological polar surface area (TPSA) is 99.4 Å². The lowest BCUT2D eigenvalue weighted by Crippen LogP contribution is -2.58. The maximum Gasteiger partial charge on any atom is 0.184 e. The van der Waals surface area contributed by atoms with Crippen LogP contribution in [-0.4, -0.2) is 64.8 Å². The average molecular weight is 194 g/mol. The van der Waals surface area contributed by atoms with Crippen molar-refractivity contribution in [3.8, 4) is 0 Å². The molecule has 1 heterocycles. The molecule has 13 heavy (non-hydrogen) atoms. The molecule has 1 aliphatic heterocycles. The molecule has 0 unspecified atom stereocenters. The molecule has 0 aromatic carbocycles. The zero-order chi connectivity index (χ0) is 10.0. The monoisotopic (exact) mass is 194 g/mol. The van der Waals surface area contributed by atoms with Gasteiger partial charge in [0.2, 0.25) is 0 Å². The van der Waals surface area contributed by atoms with E-state index in [-0.39, 0.29) is 6.61 Å². The van der Waals surface area contributed by atoms with Crippen molar-refractivity contribution >= 4 is 0 Å². The first-order valence-electron chi connectivity index (χ1n) is 3.94. The van der Waals surface area contributed by atoms with Crippen molar-refractivity contribution in [1.29, 1.82) is 0 Å². The Hall–Kier alpha value is -0.240. The van der Waals surface area contributed by atoms with Crippen LogP contribution in [0.5, 0.6) is 0 Å². The van der Waals surface area contributed by atoms with E-state index in [0.717, 1.165) is 0 Å². The predicted octanol–water partition coefficient (Wildman–Crippen LogP) is -2.57. The van der Waals surface area contributed by atoms with Gasteiger partial charge in [0.1, 0.15) is 24.4 Å². The predicted molar refractivity (Wildman–Crippen MR) is 40.8 cm³/mol. The summed E-state index contributed by atoms with van der Waals surface area (Å²) < 4.78 is 9.49. The average Bonchev–Trinajstić information content (AvgIpc) is 2.11. The van der Waals surface area contributed by atoms with Crippen LogP contribution >= 0.6 is 0 Å². The summed E-state index contributed by atoms with van der Waals surface area (Å²) in [5, 5.41) is 36.7. The normalized spacial score (nSPS) is 46.4. The van der Waals surface area contributed by atoms with E-state index in [1.165, 1.54) is 7.11 Å². The third-order valence-electron chi connectivity index (χ3n) is 2.02. The number of rotatable bonds is 2. The van der Waals surface area contributed by atoms with Gasteiger partial charge in [0.25, 0.3) is 0 Å². The maximum absolute atomic E-state index is 9.33. The molecule has 0 bridgehead atoms. The van der Waals surface area contributed by atoms with Gasteiger partial charge in [-0.2, -0.15) is 0 Å². The van der Waals surface area contributed by atoms with E-state index in [2.05, 4.69) is 0 Å². The molecule has 1 rings (SSSR count). The van der Waals surface area contributed by atoms with Crippen LogP contribution in [0.2, 0.25) is 0 Å². The summed E-state index contributed by atoms with van der Waals surface area (Å²) in [5.41, 5.74) is 0. The summed E-state index contributed by atoms with van der Waals surface area (Å²) in [6.45, 7) is 0.0437. The van der Waals surface area contributed by atoms with Gasteiger partial charge in [-0.05, 0) is 0 Å². The third kappa shape index (κ3) is 2.16. The molecule has 0 aliphatic carbocycles. The SMILES string of the molecule is COC[C@H]1O[C@H](O)[C@H](O)[C@@H](O)[C@H]1O. The van der Waals surface area contributed by atoms with Crippen LogP contribution in [0.1, 0.15) is 0 Å². The Kier molecular flexibility index (Phi) is 3.60. The van der Waals surface area contributed by atoms with E-state index in [4.69, 9.17) is 19.7 Å². The van der Waals surface area contributed by atoms with Crippen LogP contribution in [0.4, 0.5) is 0 Å². The highest BCUT2D eigenvalue weighted by Crippen LogP contribution is 2.19. The summed E-state index contributed by atoms with van der Waals surface area (Å²) in [7, 11) is 1.40. The second kappa shape index (κ2) is 4.32. The lowest BCUT2D eigenvalue weighted by molar-refractivity contribution is -0.287. The van der Waals surface area contributed by atoms with Crippen molar-refractivity contribution in [1.82, 2.24) is 0 Å². The third-order valence-corrected chi connectivity index (χ3v) is 2.02. The molecule has 0 aromatic rings. The van der Waals surface area contributed by atoms with Crippen LogP contribution in [0, 0.1) is 0 Å². The van der Waals surface area contributed by atoms with Crippen LogP contribution in [0.15, 0.2) is 0 Å². The van der Waals surface area contributed by atoms with E-state index in [1.54, 1.807) is 0 Å². The second-order valence-electron chi connectivity index (χ2n) is 2.99. The molecule has 0 amide bonds. The van der Waals surface area contributed by atoms with Crippen LogP contribution in [0.25, 0.3) is 0 Å². The van der Waals surface area contributed by atoms with Crippen LogP contribution in [-0.2, 0) is 9.47 Å². The van der Waals surface area contributed by atoms with E-state index < -0.39 is 30.7 Å². The van der Waals surface area contributed by atoms with Gasteiger partial charge in [0, 0.05) is 7.11 Å². The Morgan fingerprint density at radius 1 is 1.08 bits per heavy atom. The Morgan fingerprint density at radius 3 is 2.23 bits per heavy atom. The summed E-state index contributed by atoms with van der Waals surface area (Å²) in [6.07, 6.45) is -6.46. The smallest absolute Gasteiger partial charge is 0.184 e. The Morgan fingerprint density at radius 2 is 1.69 bits per heavy atom. The summed E-state index contributed by atoms with van der Waals surface area (Å²) in [4.78, 5) is 0. The van der Waals surface area contributed by atoms with Gasteiger partial charge >= 0.3 is 0 Å². The van der Waals surface area contributed by atoms with Crippen molar-refractivity contribution in [2.75, 3.05) is 13.7 Å². The highest BCUT2D eigenvalue weighted by molar-refractivity contribution is 4.88. The largest absolute Gasteiger partial charge is 0.387 e. The summed E-state index contributed by atoms with van der Waals surface area (Å²) >= 11 is 0. The first-order chi connectivity index (χ1) is 6.07. The van der Waals surface area contributed by atoms with Gasteiger partial charge in [-0.25, -0.2) is 0 Å². The highest BCUT2D eigenvalue weighted by Gasteiger charge is 2.42. The highest BCUT2D eigenvalue weighted by atomic mass is 16.6. The number of ether oxygens (including phenoxy) is 2. The minimum absolute atomic E-state index is 0.0437. The quantitative estimate of drug-likeness (QED) is 0.386. The molecule has 0 aromatic heterocycles. The van der Waals surface area contributed by atoms with Crippen molar-refractivity contribution in [3.63, 3.8) is 0 Å². The van der Waals surface area contributed by atoms with Gasteiger partial charge in [-0.1, -0.05) is 0 Å². The van der Waals surface area contributed by atoms with E-state index >= 15 is 0 Å². The fourth-order valence-electron chi connectivity index (χ4n) is 1.23. The zero-order valence-corrected chi connectivity index (χ0v) is 7.20. The first-order valence-corrected chi connectivity index (χ1v) is 3.94. The van der Waals surface area contributed by atoms with Crippen molar-refractivity contribution in [3.05, 3.63) is 0 Å².